The van der Waals surface area contributed by atoms with Gasteiger partial charge in [0.1, 0.15) is 6.29 Å². The Bertz CT molecular complexity index is 1470. The number of carbonyl (C=O) groups is 2. The minimum absolute atomic E-state index is 0.588. The fraction of sp³-hybridized carbons (Fsp3) is 0. The van der Waals surface area contributed by atoms with E-state index in [0.717, 1.165) is 51.6 Å². The van der Waals surface area contributed by atoms with Gasteiger partial charge in [0.25, 0.3) is 0 Å². The lowest BCUT2D eigenvalue weighted by Gasteiger charge is -2.24. The Kier molecular flexibility index (Phi) is 6.27. The first-order valence-electron chi connectivity index (χ1n) is 11.3. The van der Waals surface area contributed by atoms with Crippen LogP contribution in [0.3, 0.4) is 0 Å². The van der Waals surface area contributed by atoms with Crippen LogP contribution in [0.5, 0.6) is 0 Å². The molecule has 168 valence electrons. The number of aldehydes is 2. The summed E-state index contributed by atoms with van der Waals surface area (Å²) in [6, 6.07) is 38.9. The average Bonchev–Trinajstić information content (AvgIpc) is 2.94. The average molecular weight is 455 g/mol. The lowest BCUT2D eigenvalue weighted by molar-refractivity contribution is 0.111. The largest absolute Gasteiger partial charge is 0.298 e. The van der Waals surface area contributed by atoms with Crippen molar-refractivity contribution in [2.24, 2.45) is 5.10 Å². The van der Waals surface area contributed by atoms with Crippen LogP contribution in [0.15, 0.2) is 126 Å². The van der Waals surface area contributed by atoms with Crippen LogP contribution in [-0.4, -0.2) is 18.3 Å². The zero-order valence-electron chi connectivity index (χ0n) is 18.9. The van der Waals surface area contributed by atoms with Gasteiger partial charge in [0.2, 0.25) is 0 Å². The lowest BCUT2D eigenvalue weighted by Crippen LogP contribution is -2.16. The second kappa shape index (κ2) is 9.98. The van der Waals surface area contributed by atoms with E-state index >= 15 is 0 Å². The third-order valence-corrected chi connectivity index (χ3v) is 5.86. The normalized spacial score (nSPS) is 10.5. The topological polar surface area (TPSA) is 49.7 Å². The summed E-state index contributed by atoms with van der Waals surface area (Å²) in [4.78, 5) is 23.0. The van der Waals surface area contributed by atoms with E-state index in [0.29, 0.717) is 11.1 Å². The Balaban J connectivity index is 1.79. The van der Waals surface area contributed by atoms with E-state index in [1.807, 2.05) is 114 Å². The van der Waals surface area contributed by atoms with Gasteiger partial charge in [0, 0.05) is 27.6 Å². The van der Waals surface area contributed by atoms with Crippen molar-refractivity contribution in [2.45, 2.75) is 0 Å². The molecule has 0 atom stereocenters. The van der Waals surface area contributed by atoms with E-state index in [4.69, 9.17) is 5.10 Å². The Morgan fingerprint density at radius 2 is 1.14 bits per heavy atom. The molecular weight excluding hydrogens is 432 g/mol. The second-order valence-corrected chi connectivity index (χ2v) is 8.04. The van der Waals surface area contributed by atoms with Gasteiger partial charge >= 0.3 is 0 Å². The maximum absolute atomic E-state index is 11.7. The molecule has 0 unspecified atom stereocenters. The number of rotatable bonds is 7. The molecule has 0 aliphatic rings. The van der Waals surface area contributed by atoms with E-state index in [1.54, 1.807) is 12.1 Å². The van der Waals surface area contributed by atoms with Crippen LogP contribution >= 0.6 is 0 Å². The molecule has 0 aliphatic carbocycles. The summed E-state index contributed by atoms with van der Waals surface area (Å²) in [6.07, 6.45) is 1.70. The van der Waals surface area contributed by atoms with E-state index in [-0.39, 0.29) is 0 Å². The molecule has 5 aromatic rings. The van der Waals surface area contributed by atoms with Gasteiger partial charge in [-0.25, -0.2) is 5.01 Å². The van der Waals surface area contributed by atoms with Gasteiger partial charge in [-0.05, 0) is 41.8 Å². The smallest absolute Gasteiger partial charge is 0.150 e. The molecule has 0 N–H and O–H groups in total. The molecule has 0 saturated carbocycles. The van der Waals surface area contributed by atoms with E-state index in [9.17, 15) is 9.59 Å². The summed E-state index contributed by atoms with van der Waals surface area (Å²) < 4.78 is 0. The van der Waals surface area contributed by atoms with Gasteiger partial charge < -0.3 is 0 Å². The summed E-state index contributed by atoms with van der Waals surface area (Å²) in [5.41, 5.74) is 5.58. The molecular formula is C31H22N2O2. The first-order valence-corrected chi connectivity index (χ1v) is 11.3. The Morgan fingerprint density at radius 3 is 1.71 bits per heavy atom. The second-order valence-electron chi connectivity index (χ2n) is 8.04. The van der Waals surface area contributed by atoms with Crippen molar-refractivity contribution in [1.29, 1.82) is 0 Å². The molecule has 35 heavy (non-hydrogen) atoms. The van der Waals surface area contributed by atoms with E-state index < -0.39 is 0 Å². The lowest BCUT2D eigenvalue weighted by atomic mass is 10.0. The van der Waals surface area contributed by atoms with Crippen molar-refractivity contribution < 1.29 is 9.59 Å². The van der Waals surface area contributed by atoms with Crippen molar-refractivity contribution in [1.82, 2.24) is 0 Å². The maximum Gasteiger partial charge on any atom is 0.150 e. The molecule has 0 radical (unpaired) electrons. The molecule has 0 saturated heterocycles. The minimum atomic E-state index is 0.588. The summed E-state index contributed by atoms with van der Waals surface area (Å²) in [5, 5.41) is 8.82. The van der Waals surface area contributed by atoms with E-state index in [2.05, 4.69) is 0 Å². The first kappa shape index (κ1) is 22.0. The van der Waals surface area contributed by atoms with Crippen LogP contribution in [0.2, 0.25) is 0 Å². The van der Waals surface area contributed by atoms with Crippen LogP contribution < -0.4 is 5.01 Å². The molecule has 5 rings (SSSR count). The number of benzene rings is 5. The molecule has 0 amide bonds. The zero-order valence-corrected chi connectivity index (χ0v) is 18.9. The fourth-order valence-electron chi connectivity index (χ4n) is 4.11. The van der Waals surface area contributed by atoms with Gasteiger partial charge in [-0.1, -0.05) is 84.9 Å². The van der Waals surface area contributed by atoms with Crippen LogP contribution in [0.25, 0.3) is 10.8 Å². The third-order valence-electron chi connectivity index (χ3n) is 5.86. The molecule has 4 nitrogen and oxygen atoms in total. The number of hydrazone groups is 1. The molecule has 0 heterocycles. The summed E-state index contributed by atoms with van der Waals surface area (Å²) in [6.45, 7) is 0. The predicted octanol–water partition coefficient (Wildman–Crippen LogP) is 7.06. The number of anilines is 2. The van der Waals surface area contributed by atoms with Crippen LogP contribution in [0.1, 0.15) is 31.8 Å². The highest BCUT2D eigenvalue weighted by Crippen LogP contribution is 2.35. The molecule has 0 spiro atoms. The monoisotopic (exact) mass is 454 g/mol. The van der Waals surface area contributed by atoms with Gasteiger partial charge in [-0.3, -0.25) is 9.59 Å². The molecule has 0 aromatic heterocycles. The highest BCUT2D eigenvalue weighted by atomic mass is 16.1. The number of fused-ring (bicyclic) bond motifs is 1. The van der Waals surface area contributed by atoms with Crippen molar-refractivity contribution >= 4 is 40.4 Å². The number of carbonyl (C=O) groups excluding carboxylic acids is 2. The summed E-state index contributed by atoms with van der Waals surface area (Å²) >= 11 is 0. The fourth-order valence-corrected chi connectivity index (χ4v) is 4.11. The zero-order chi connectivity index (χ0) is 24.0. The minimum Gasteiger partial charge on any atom is -0.298 e. The van der Waals surface area contributed by atoms with Crippen LogP contribution in [0.4, 0.5) is 11.4 Å². The SMILES string of the molecule is O=Cc1ccc(N(N=C(c2ccccc2)c2ccccc2)c2ccc(C=O)c3ccccc23)cc1. The highest BCUT2D eigenvalue weighted by molar-refractivity contribution is 6.14. The Morgan fingerprint density at radius 1 is 0.571 bits per heavy atom. The maximum atomic E-state index is 11.7. The van der Waals surface area contributed by atoms with Crippen LogP contribution in [-0.2, 0) is 0 Å². The first-order chi connectivity index (χ1) is 17.3. The number of nitrogens with zero attached hydrogens (tertiary/aromatic N) is 2. The molecule has 0 bridgehead atoms. The summed E-state index contributed by atoms with van der Waals surface area (Å²) in [5.74, 6) is 0. The third kappa shape index (κ3) is 4.50. The molecule has 4 heteroatoms. The highest BCUT2D eigenvalue weighted by Gasteiger charge is 2.17. The van der Waals surface area contributed by atoms with Crippen molar-refractivity contribution in [3.05, 3.63) is 144 Å². The van der Waals surface area contributed by atoms with Gasteiger partial charge in [-0.2, -0.15) is 5.10 Å². The predicted molar refractivity (Wildman–Crippen MR) is 142 cm³/mol. The van der Waals surface area contributed by atoms with E-state index in [1.165, 1.54) is 0 Å². The Hall–Kier alpha value is -4.83. The standard InChI is InChI=1S/C31H22N2O2/c34-21-23-15-18-27(19-16-23)33(30-20-17-26(22-35)28-13-7-8-14-29(28)30)32-31(24-9-3-1-4-10-24)25-11-5-2-6-12-25/h1-22H. The van der Waals surface area contributed by atoms with Crippen molar-refractivity contribution in [2.75, 3.05) is 5.01 Å². The molecule has 0 fully saturated rings. The molecule has 0 aliphatic heterocycles. The Labute approximate surface area is 203 Å². The van der Waals surface area contributed by atoms with Gasteiger partial charge in [-0.15, -0.1) is 0 Å². The van der Waals surface area contributed by atoms with Gasteiger partial charge in [0.15, 0.2) is 6.29 Å². The number of hydrogen-bond donors (Lipinski definition) is 0. The van der Waals surface area contributed by atoms with Crippen LogP contribution in [0, 0.1) is 0 Å². The summed E-state index contributed by atoms with van der Waals surface area (Å²) in [7, 11) is 0. The van der Waals surface area contributed by atoms with Gasteiger partial charge in [0.05, 0.1) is 17.1 Å². The molecule has 5 aromatic carbocycles. The van der Waals surface area contributed by atoms with Crippen molar-refractivity contribution in [3.63, 3.8) is 0 Å². The number of hydrogen-bond acceptors (Lipinski definition) is 4. The van der Waals surface area contributed by atoms with Crippen molar-refractivity contribution in [3.8, 4) is 0 Å². The quantitative estimate of drug-likeness (QED) is 0.150.